The Balaban J connectivity index is 2.21. The highest BCUT2D eigenvalue weighted by atomic mass is 16.5. The second-order valence-corrected chi connectivity index (χ2v) is 4.96. The van der Waals surface area contributed by atoms with Gasteiger partial charge in [-0.1, -0.05) is 24.3 Å². The zero-order valence-corrected chi connectivity index (χ0v) is 11.9. The van der Waals surface area contributed by atoms with Crippen LogP contribution in [0.2, 0.25) is 0 Å². The van der Waals surface area contributed by atoms with E-state index in [1.54, 1.807) is 23.7 Å². The third-order valence-corrected chi connectivity index (χ3v) is 3.48. The SMILES string of the molecule is O=C(Cc1cccc(C(=O)O)c1-c1nc2ccccc2[nH]1)NO. The van der Waals surface area contributed by atoms with Crippen molar-refractivity contribution in [2.24, 2.45) is 0 Å². The van der Waals surface area contributed by atoms with Crippen LogP contribution in [0.25, 0.3) is 22.4 Å². The predicted molar refractivity (Wildman–Crippen MR) is 82.1 cm³/mol. The van der Waals surface area contributed by atoms with Crippen molar-refractivity contribution in [3.63, 3.8) is 0 Å². The smallest absolute Gasteiger partial charge is 0.336 e. The molecule has 1 aromatic heterocycles. The van der Waals surface area contributed by atoms with Gasteiger partial charge in [0, 0.05) is 5.56 Å². The van der Waals surface area contributed by atoms with Gasteiger partial charge in [0.2, 0.25) is 5.91 Å². The van der Waals surface area contributed by atoms with E-state index in [-0.39, 0.29) is 12.0 Å². The Morgan fingerprint density at radius 1 is 1.13 bits per heavy atom. The van der Waals surface area contributed by atoms with Crippen LogP contribution in [-0.4, -0.2) is 32.2 Å². The van der Waals surface area contributed by atoms with Crippen molar-refractivity contribution in [3.05, 3.63) is 53.6 Å². The molecule has 0 spiro atoms. The first kappa shape index (κ1) is 14.7. The van der Waals surface area contributed by atoms with Gasteiger partial charge in [0.15, 0.2) is 0 Å². The number of nitrogens with one attached hydrogen (secondary N) is 2. The summed E-state index contributed by atoms with van der Waals surface area (Å²) in [5.74, 6) is -1.39. The van der Waals surface area contributed by atoms with E-state index in [4.69, 9.17) is 5.21 Å². The summed E-state index contributed by atoms with van der Waals surface area (Å²) in [5.41, 5.74) is 3.83. The van der Waals surface area contributed by atoms with Gasteiger partial charge in [-0.3, -0.25) is 10.0 Å². The Hall–Kier alpha value is -3.19. The number of carboxylic acid groups (broad SMARTS) is 1. The molecule has 0 unspecified atom stereocenters. The molecule has 116 valence electrons. The van der Waals surface area contributed by atoms with E-state index in [1.807, 2.05) is 18.2 Å². The van der Waals surface area contributed by atoms with Crippen molar-refractivity contribution >= 4 is 22.9 Å². The number of H-pyrrole nitrogens is 1. The van der Waals surface area contributed by atoms with E-state index in [2.05, 4.69) is 9.97 Å². The summed E-state index contributed by atoms with van der Waals surface area (Å²) in [6, 6.07) is 11.9. The maximum Gasteiger partial charge on any atom is 0.336 e. The number of aromatic nitrogens is 2. The number of rotatable bonds is 4. The molecule has 3 rings (SSSR count). The standard InChI is InChI=1S/C16H13N3O4/c20-13(19-23)8-9-4-3-5-10(16(21)22)14(9)15-17-11-6-1-2-7-12(11)18-15/h1-7,23H,8H2,(H,17,18)(H,19,20)(H,21,22). The summed E-state index contributed by atoms with van der Waals surface area (Å²) in [6.07, 6.45) is -0.163. The van der Waals surface area contributed by atoms with Crippen molar-refractivity contribution < 1.29 is 19.9 Å². The van der Waals surface area contributed by atoms with Crippen LogP contribution in [-0.2, 0) is 11.2 Å². The topological polar surface area (TPSA) is 115 Å². The lowest BCUT2D eigenvalue weighted by Gasteiger charge is -2.10. The molecule has 0 aliphatic carbocycles. The summed E-state index contributed by atoms with van der Waals surface area (Å²) in [6.45, 7) is 0. The Labute approximate surface area is 130 Å². The molecule has 0 atom stereocenters. The van der Waals surface area contributed by atoms with Crippen LogP contribution in [0.5, 0.6) is 0 Å². The van der Waals surface area contributed by atoms with Crippen LogP contribution < -0.4 is 5.48 Å². The Bertz CT molecular complexity index is 868. The molecular formula is C16H13N3O4. The molecule has 2 aromatic carbocycles. The highest BCUT2D eigenvalue weighted by molar-refractivity contribution is 5.98. The number of aromatic carboxylic acids is 1. The number of aromatic amines is 1. The fourth-order valence-electron chi connectivity index (χ4n) is 2.49. The lowest BCUT2D eigenvalue weighted by atomic mass is 9.98. The lowest BCUT2D eigenvalue weighted by Crippen LogP contribution is -2.21. The number of carbonyl (C=O) groups is 2. The third kappa shape index (κ3) is 2.77. The number of fused-ring (bicyclic) bond motifs is 1. The van der Waals surface area contributed by atoms with Gasteiger partial charge in [0.1, 0.15) is 5.82 Å². The maximum absolute atomic E-state index is 11.5. The zero-order chi connectivity index (χ0) is 16.4. The van der Waals surface area contributed by atoms with Gasteiger partial charge < -0.3 is 10.1 Å². The average Bonchev–Trinajstić information content (AvgIpc) is 2.98. The predicted octanol–water partition coefficient (Wildman–Crippen LogP) is 1.98. The monoisotopic (exact) mass is 311 g/mol. The van der Waals surface area contributed by atoms with E-state index in [0.717, 1.165) is 5.52 Å². The Morgan fingerprint density at radius 3 is 2.61 bits per heavy atom. The number of hydrogen-bond acceptors (Lipinski definition) is 4. The molecule has 4 N–H and O–H groups in total. The minimum Gasteiger partial charge on any atom is -0.478 e. The van der Waals surface area contributed by atoms with Crippen molar-refractivity contribution in [2.75, 3.05) is 0 Å². The molecular weight excluding hydrogens is 298 g/mol. The summed E-state index contributed by atoms with van der Waals surface area (Å²) in [4.78, 5) is 30.5. The molecule has 0 radical (unpaired) electrons. The molecule has 0 saturated carbocycles. The van der Waals surface area contributed by atoms with Gasteiger partial charge in [0.05, 0.1) is 23.0 Å². The van der Waals surface area contributed by atoms with Crippen LogP contribution >= 0.6 is 0 Å². The van der Waals surface area contributed by atoms with Gasteiger partial charge in [-0.2, -0.15) is 0 Å². The number of carboxylic acids is 1. The normalized spacial score (nSPS) is 10.7. The van der Waals surface area contributed by atoms with Gasteiger partial charge in [-0.05, 0) is 23.8 Å². The number of imidazole rings is 1. The van der Waals surface area contributed by atoms with Crippen molar-refractivity contribution in [2.45, 2.75) is 6.42 Å². The van der Waals surface area contributed by atoms with E-state index in [1.165, 1.54) is 6.07 Å². The summed E-state index contributed by atoms with van der Waals surface area (Å²) >= 11 is 0. The number of hydrogen-bond donors (Lipinski definition) is 4. The van der Waals surface area contributed by atoms with Gasteiger partial charge in [-0.15, -0.1) is 0 Å². The fraction of sp³-hybridized carbons (Fsp3) is 0.0625. The zero-order valence-electron chi connectivity index (χ0n) is 11.9. The number of benzene rings is 2. The van der Waals surface area contributed by atoms with Gasteiger partial charge in [-0.25, -0.2) is 15.3 Å². The highest BCUT2D eigenvalue weighted by Gasteiger charge is 2.20. The molecule has 23 heavy (non-hydrogen) atoms. The van der Waals surface area contributed by atoms with Crippen LogP contribution in [0.1, 0.15) is 15.9 Å². The molecule has 0 aliphatic heterocycles. The molecule has 3 aromatic rings. The number of amides is 1. The third-order valence-electron chi connectivity index (χ3n) is 3.48. The first-order chi connectivity index (χ1) is 11.1. The second-order valence-electron chi connectivity index (χ2n) is 4.96. The molecule has 0 fully saturated rings. The lowest BCUT2D eigenvalue weighted by molar-refractivity contribution is -0.128. The van der Waals surface area contributed by atoms with Crippen LogP contribution in [0.15, 0.2) is 42.5 Å². The van der Waals surface area contributed by atoms with Crippen LogP contribution in [0, 0.1) is 0 Å². The highest BCUT2D eigenvalue weighted by Crippen LogP contribution is 2.28. The molecule has 7 nitrogen and oxygen atoms in total. The van der Waals surface area contributed by atoms with Gasteiger partial charge in [0.25, 0.3) is 0 Å². The minimum absolute atomic E-state index is 0.0345. The summed E-state index contributed by atoms with van der Waals surface area (Å²) in [5, 5.41) is 18.1. The number of para-hydroxylation sites is 2. The Kier molecular flexibility index (Phi) is 3.78. The molecule has 0 saturated heterocycles. The van der Waals surface area contributed by atoms with E-state index in [0.29, 0.717) is 22.5 Å². The quantitative estimate of drug-likeness (QED) is 0.434. The second kappa shape index (κ2) is 5.90. The number of carbonyl (C=O) groups excluding carboxylic acids is 1. The van der Waals surface area contributed by atoms with Gasteiger partial charge >= 0.3 is 5.97 Å². The van der Waals surface area contributed by atoms with E-state index >= 15 is 0 Å². The maximum atomic E-state index is 11.5. The molecule has 1 heterocycles. The number of nitrogens with zero attached hydrogens (tertiary/aromatic N) is 1. The van der Waals surface area contributed by atoms with Crippen molar-refractivity contribution in [1.82, 2.24) is 15.4 Å². The summed E-state index contributed by atoms with van der Waals surface area (Å²) < 4.78 is 0. The summed E-state index contributed by atoms with van der Waals surface area (Å²) in [7, 11) is 0. The van der Waals surface area contributed by atoms with Crippen LogP contribution in [0.4, 0.5) is 0 Å². The Morgan fingerprint density at radius 2 is 1.91 bits per heavy atom. The van der Waals surface area contributed by atoms with Crippen molar-refractivity contribution in [3.8, 4) is 11.4 Å². The first-order valence-electron chi connectivity index (χ1n) is 6.83. The largest absolute Gasteiger partial charge is 0.478 e. The van der Waals surface area contributed by atoms with Crippen molar-refractivity contribution in [1.29, 1.82) is 0 Å². The average molecular weight is 311 g/mol. The van der Waals surface area contributed by atoms with E-state index in [9.17, 15) is 14.7 Å². The fourth-order valence-corrected chi connectivity index (χ4v) is 2.49. The molecule has 0 aliphatic rings. The van der Waals surface area contributed by atoms with Crippen LogP contribution in [0.3, 0.4) is 0 Å². The van der Waals surface area contributed by atoms with E-state index < -0.39 is 11.9 Å². The first-order valence-corrected chi connectivity index (χ1v) is 6.83. The molecule has 0 bridgehead atoms. The number of hydroxylamine groups is 1. The molecule has 1 amide bonds. The molecule has 7 heteroatoms. The minimum atomic E-state index is -1.12.